The van der Waals surface area contributed by atoms with E-state index in [1.165, 1.54) is 19.3 Å². The second kappa shape index (κ2) is 7.18. The zero-order valence-electron chi connectivity index (χ0n) is 13.2. The first kappa shape index (κ1) is 15.4. The fourth-order valence-corrected chi connectivity index (χ4v) is 3.07. The predicted molar refractivity (Wildman–Crippen MR) is 94.8 cm³/mol. The molecule has 0 unspecified atom stereocenters. The van der Waals surface area contributed by atoms with E-state index < -0.39 is 0 Å². The van der Waals surface area contributed by atoms with Crippen LogP contribution < -0.4 is 16.0 Å². The summed E-state index contributed by atoms with van der Waals surface area (Å²) in [6.07, 6.45) is 5.79. The number of nitrogens with zero attached hydrogens (tertiary/aromatic N) is 1. The minimum atomic E-state index is -0.0760. The average molecular weight is 309 g/mol. The molecule has 0 aliphatic heterocycles. The SMILES string of the molecule is Nc1ccc(N(C(=O)NC2CCCCC2)c2ccccc2)cc1. The van der Waals surface area contributed by atoms with E-state index in [4.69, 9.17) is 5.73 Å². The highest BCUT2D eigenvalue weighted by atomic mass is 16.2. The van der Waals surface area contributed by atoms with Crippen molar-refractivity contribution in [1.29, 1.82) is 0 Å². The number of para-hydroxylation sites is 1. The smallest absolute Gasteiger partial charge is 0.326 e. The molecule has 1 fully saturated rings. The van der Waals surface area contributed by atoms with Gasteiger partial charge in [0, 0.05) is 11.7 Å². The number of urea groups is 1. The van der Waals surface area contributed by atoms with Gasteiger partial charge in [0.1, 0.15) is 0 Å². The van der Waals surface area contributed by atoms with Gasteiger partial charge in [0.15, 0.2) is 0 Å². The molecule has 2 amide bonds. The molecule has 2 aromatic carbocycles. The van der Waals surface area contributed by atoms with E-state index in [-0.39, 0.29) is 12.1 Å². The molecule has 1 aliphatic carbocycles. The van der Waals surface area contributed by atoms with Gasteiger partial charge in [-0.05, 0) is 49.2 Å². The molecule has 0 atom stereocenters. The molecule has 0 spiro atoms. The molecule has 1 aliphatic rings. The molecule has 0 aromatic heterocycles. The molecule has 0 heterocycles. The van der Waals surface area contributed by atoms with E-state index in [0.29, 0.717) is 5.69 Å². The van der Waals surface area contributed by atoms with Crippen LogP contribution in [0.25, 0.3) is 0 Å². The van der Waals surface area contributed by atoms with Crippen molar-refractivity contribution >= 4 is 23.1 Å². The quantitative estimate of drug-likeness (QED) is 0.823. The summed E-state index contributed by atoms with van der Waals surface area (Å²) >= 11 is 0. The van der Waals surface area contributed by atoms with Gasteiger partial charge in [-0.25, -0.2) is 4.79 Å². The van der Waals surface area contributed by atoms with Gasteiger partial charge < -0.3 is 11.1 Å². The van der Waals surface area contributed by atoms with Crippen LogP contribution in [0.4, 0.5) is 21.9 Å². The summed E-state index contributed by atoms with van der Waals surface area (Å²) < 4.78 is 0. The van der Waals surface area contributed by atoms with E-state index in [1.54, 1.807) is 4.90 Å². The van der Waals surface area contributed by atoms with E-state index in [0.717, 1.165) is 24.2 Å². The Morgan fingerprint density at radius 2 is 1.52 bits per heavy atom. The van der Waals surface area contributed by atoms with Crippen LogP contribution in [0.2, 0.25) is 0 Å². The van der Waals surface area contributed by atoms with E-state index >= 15 is 0 Å². The minimum absolute atomic E-state index is 0.0760. The van der Waals surface area contributed by atoms with Crippen LogP contribution in [0.3, 0.4) is 0 Å². The molecule has 0 saturated heterocycles. The highest BCUT2D eigenvalue weighted by Gasteiger charge is 2.22. The Bertz CT molecular complexity index is 633. The number of carbonyl (C=O) groups is 1. The highest BCUT2D eigenvalue weighted by Crippen LogP contribution is 2.27. The molecule has 3 N–H and O–H groups in total. The molecule has 4 nitrogen and oxygen atoms in total. The number of nitrogens with two attached hydrogens (primary N) is 1. The van der Waals surface area contributed by atoms with Crippen molar-refractivity contribution < 1.29 is 4.79 Å². The third-order valence-corrected chi connectivity index (χ3v) is 4.30. The number of rotatable bonds is 3. The van der Waals surface area contributed by atoms with E-state index in [2.05, 4.69) is 5.32 Å². The van der Waals surface area contributed by atoms with Crippen LogP contribution in [0, 0.1) is 0 Å². The first-order valence-electron chi connectivity index (χ1n) is 8.25. The largest absolute Gasteiger partial charge is 0.399 e. The van der Waals surface area contributed by atoms with Crippen molar-refractivity contribution in [1.82, 2.24) is 5.32 Å². The standard InChI is InChI=1S/C19H23N3O/c20-15-11-13-18(14-12-15)22(17-9-5-2-6-10-17)19(23)21-16-7-3-1-4-8-16/h2,5-6,9-14,16H,1,3-4,7-8,20H2,(H,21,23). The lowest BCUT2D eigenvalue weighted by Gasteiger charge is -2.28. The van der Waals surface area contributed by atoms with Gasteiger partial charge in [0.25, 0.3) is 0 Å². The van der Waals surface area contributed by atoms with Crippen LogP contribution >= 0.6 is 0 Å². The van der Waals surface area contributed by atoms with Gasteiger partial charge in [-0.15, -0.1) is 0 Å². The highest BCUT2D eigenvalue weighted by molar-refractivity contribution is 5.99. The predicted octanol–water partition coefficient (Wildman–Crippen LogP) is 4.45. The van der Waals surface area contributed by atoms with Crippen LogP contribution in [0.5, 0.6) is 0 Å². The van der Waals surface area contributed by atoms with E-state index in [9.17, 15) is 4.79 Å². The maximum absolute atomic E-state index is 12.9. The Balaban J connectivity index is 1.85. The fourth-order valence-electron chi connectivity index (χ4n) is 3.07. The van der Waals surface area contributed by atoms with Crippen molar-refractivity contribution in [2.45, 2.75) is 38.1 Å². The van der Waals surface area contributed by atoms with Crippen molar-refractivity contribution in [3.8, 4) is 0 Å². The number of nitrogens with one attached hydrogen (secondary N) is 1. The Labute approximate surface area is 137 Å². The third-order valence-electron chi connectivity index (χ3n) is 4.30. The topological polar surface area (TPSA) is 58.4 Å². The summed E-state index contributed by atoms with van der Waals surface area (Å²) in [4.78, 5) is 14.6. The Kier molecular flexibility index (Phi) is 4.81. The molecule has 23 heavy (non-hydrogen) atoms. The van der Waals surface area contributed by atoms with Crippen LogP contribution in [-0.2, 0) is 0 Å². The number of nitrogen functional groups attached to an aromatic ring is 1. The van der Waals surface area contributed by atoms with Crippen LogP contribution in [-0.4, -0.2) is 12.1 Å². The van der Waals surface area contributed by atoms with Crippen LogP contribution in [0.1, 0.15) is 32.1 Å². The van der Waals surface area contributed by atoms with Crippen molar-refractivity contribution in [2.24, 2.45) is 0 Å². The molecule has 4 heteroatoms. The summed E-state index contributed by atoms with van der Waals surface area (Å²) in [5.41, 5.74) is 8.13. The molecule has 3 rings (SSSR count). The van der Waals surface area contributed by atoms with Crippen molar-refractivity contribution in [3.05, 3.63) is 54.6 Å². The zero-order valence-corrected chi connectivity index (χ0v) is 13.2. The molecule has 120 valence electrons. The lowest BCUT2D eigenvalue weighted by atomic mass is 9.96. The first-order chi connectivity index (χ1) is 11.2. The molecular formula is C19H23N3O. The lowest BCUT2D eigenvalue weighted by Crippen LogP contribution is -2.43. The summed E-state index contributed by atoms with van der Waals surface area (Å²) in [6.45, 7) is 0. The third kappa shape index (κ3) is 3.83. The van der Waals surface area contributed by atoms with Crippen molar-refractivity contribution in [3.63, 3.8) is 0 Å². The molecule has 2 aromatic rings. The van der Waals surface area contributed by atoms with Gasteiger partial charge in [-0.3, -0.25) is 4.90 Å². The van der Waals surface area contributed by atoms with Gasteiger partial charge in [0.2, 0.25) is 0 Å². The number of amides is 2. The van der Waals surface area contributed by atoms with Crippen LogP contribution in [0.15, 0.2) is 54.6 Å². The number of hydrogen-bond donors (Lipinski definition) is 2. The van der Waals surface area contributed by atoms with E-state index in [1.807, 2.05) is 54.6 Å². The van der Waals surface area contributed by atoms with Gasteiger partial charge in [0.05, 0.1) is 11.4 Å². The molecule has 0 bridgehead atoms. The Morgan fingerprint density at radius 1 is 0.913 bits per heavy atom. The molecular weight excluding hydrogens is 286 g/mol. The first-order valence-corrected chi connectivity index (χ1v) is 8.25. The maximum atomic E-state index is 12.9. The van der Waals surface area contributed by atoms with Gasteiger partial charge in [-0.2, -0.15) is 0 Å². The average Bonchev–Trinajstić information content (AvgIpc) is 2.59. The zero-order chi connectivity index (χ0) is 16.1. The molecule has 0 radical (unpaired) electrons. The normalized spacial score (nSPS) is 15.1. The lowest BCUT2D eigenvalue weighted by molar-refractivity contribution is 0.240. The summed E-state index contributed by atoms with van der Waals surface area (Å²) in [7, 11) is 0. The monoisotopic (exact) mass is 309 g/mol. The maximum Gasteiger partial charge on any atom is 0.326 e. The Hall–Kier alpha value is -2.49. The Morgan fingerprint density at radius 3 is 2.17 bits per heavy atom. The number of hydrogen-bond acceptors (Lipinski definition) is 2. The fraction of sp³-hybridized carbons (Fsp3) is 0.316. The second-order valence-corrected chi connectivity index (χ2v) is 6.05. The number of anilines is 3. The van der Waals surface area contributed by atoms with Gasteiger partial charge >= 0.3 is 6.03 Å². The summed E-state index contributed by atoms with van der Waals surface area (Å²) in [5, 5.41) is 3.19. The van der Waals surface area contributed by atoms with Gasteiger partial charge in [-0.1, -0.05) is 37.5 Å². The summed E-state index contributed by atoms with van der Waals surface area (Å²) in [6, 6.07) is 17.3. The second-order valence-electron chi connectivity index (χ2n) is 6.05. The number of carbonyl (C=O) groups excluding carboxylic acids is 1. The molecule has 1 saturated carbocycles. The van der Waals surface area contributed by atoms with Crippen molar-refractivity contribution in [2.75, 3.05) is 10.6 Å². The minimum Gasteiger partial charge on any atom is -0.399 e. The summed E-state index contributed by atoms with van der Waals surface area (Å²) in [5.74, 6) is 0. The number of benzene rings is 2.